The molecule has 0 saturated carbocycles. The van der Waals surface area contributed by atoms with Gasteiger partial charge in [-0.15, -0.1) is 0 Å². The zero-order valence-electron chi connectivity index (χ0n) is 12.4. The van der Waals surface area contributed by atoms with E-state index in [-0.39, 0.29) is 36.6 Å². The molecule has 0 aliphatic rings. The monoisotopic (exact) mass is 354 g/mol. The smallest absolute Gasteiger partial charge is 0.286 e. The molecule has 2 aromatic rings. The van der Waals surface area contributed by atoms with E-state index in [0.717, 1.165) is 5.56 Å². The second-order valence-electron chi connectivity index (χ2n) is 4.95. The molecule has 2 N–H and O–H groups in total. The maximum Gasteiger partial charge on any atom is 0.286 e. The highest BCUT2D eigenvalue weighted by molar-refractivity contribution is 6.42. The standard InChI is InChI=1S/C16H16Cl2N2O3/c1-10(11-4-5-12(17)13(18)9-11)20-15(21)6-7-19-16(22)14-3-2-8-23-14/h2-5,8-10H,6-7H2,1H3,(H,19,22)(H,20,21). The Morgan fingerprint density at radius 1 is 1.22 bits per heavy atom. The largest absolute Gasteiger partial charge is 0.459 e. The van der Waals surface area contributed by atoms with Gasteiger partial charge in [-0.25, -0.2) is 0 Å². The summed E-state index contributed by atoms with van der Waals surface area (Å²) in [7, 11) is 0. The van der Waals surface area contributed by atoms with Crippen molar-refractivity contribution >= 4 is 35.0 Å². The Kier molecular flexibility index (Phi) is 6.07. The van der Waals surface area contributed by atoms with E-state index in [9.17, 15) is 9.59 Å². The first-order chi connectivity index (χ1) is 11.0. The van der Waals surface area contributed by atoms with Gasteiger partial charge in [0.25, 0.3) is 5.91 Å². The van der Waals surface area contributed by atoms with Crippen LogP contribution in [0, 0.1) is 0 Å². The summed E-state index contributed by atoms with van der Waals surface area (Å²) in [4.78, 5) is 23.5. The van der Waals surface area contributed by atoms with Crippen LogP contribution in [-0.4, -0.2) is 18.4 Å². The zero-order valence-corrected chi connectivity index (χ0v) is 13.9. The van der Waals surface area contributed by atoms with Crippen LogP contribution in [0.3, 0.4) is 0 Å². The average Bonchev–Trinajstić information content (AvgIpc) is 3.04. The molecule has 0 fully saturated rings. The van der Waals surface area contributed by atoms with Crippen LogP contribution in [0.25, 0.3) is 0 Å². The van der Waals surface area contributed by atoms with E-state index < -0.39 is 0 Å². The topological polar surface area (TPSA) is 71.3 Å². The fourth-order valence-corrected chi connectivity index (χ4v) is 2.27. The molecule has 0 bridgehead atoms. The maximum absolute atomic E-state index is 11.9. The van der Waals surface area contributed by atoms with E-state index in [1.54, 1.807) is 30.3 Å². The lowest BCUT2D eigenvalue weighted by Crippen LogP contribution is -2.32. The Bertz CT molecular complexity index is 687. The van der Waals surface area contributed by atoms with Crippen molar-refractivity contribution in [3.63, 3.8) is 0 Å². The van der Waals surface area contributed by atoms with Gasteiger partial charge < -0.3 is 15.1 Å². The summed E-state index contributed by atoms with van der Waals surface area (Å²) in [6.45, 7) is 2.07. The summed E-state index contributed by atoms with van der Waals surface area (Å²) in [5.41, 5.74) is 0.854. The summed E-state index contributed by atoms with van der Waals surface area (Å²) in [5, 5.41) is 6.36. The quantitative estimate of drug-likeness (QED) is 0.832. The normalized spacial score (nSPS) is 11.8. The van der Waals surface area contributed by atoms with Crippen molar-refractivity contribution in [2.24, 2.45) is 0 Å². The Morgan fingerprint density at radius 2 is 2.00 bits per heavy atom. The van der Waals surface area contributed by atoms with E-state index in [1.165, 1.54) is 6.26 Å². The number of halogens is 2. The van der Waals surface area contributed by atoms with Crippen LogP contribution in [-0.2, 0) is 4.79 Å². The first kappa shape index (κ1) is 17.4. The number of hydrogen-bond acceptors (Lipinski definition) is 3. The fraction of sp³-hybridized carbons (Fsp3) is 0.250. The second kappa shape index (κ2) is 8.04. The molecule has 0 radical (unpaired) electrons. The highest BCUT2D eigenvalue weighted by Gasteiger charge is 2.12. The van der Waals surface area contributed by atoms with E-state index in [1.807, 2.05) is 6.92 Å². The third-order valence-corrected chi connectivity index (χ3v) is 3.94. The average molecular weight is 355 g/mol. The van der Waals surface area contributed by atoms with Gasteiger partial charge >= 0.3 is 0 Å². The number of furan rings is 1. The van der Waals surface area contributed by atoms with Crippen molar-refractivity contribution in [3.05, 3.63) is 58.0 Å². The third kappa shape index (κ3) is 5.01. The lowest BCUT2D eigenvalue weighted by molar-refractivity contribution is -0.121. The van der Waals surface area contributed by atoms with Crippen LogP contribution in [0.1, 0.15) is 35.5 Å². The van der Waals surface area contributed by atoms with Crippen LogP contribution in [0.5, 0.6) is 0 Å². The second-order valence-corrected chi connectivity index (χ2v) is 5.76. The van der Waals surface area contributed by atoms with Crippen molar-refractivity contribution in [1.29, 1.82) is 0 Å². The predicted octanol–water partition coefficient (Wildman–Crippen LogP) is 3.58. The van der Waals surface area contributed by atoms with Gasteiger partial charge in [0.2, 0.25) is 5.91 Å². The van der Waals surface area contributed by atoms with Crippen LogP contribution < -0.4 is 10.6 Å². The minimum atomic E-state index is -0.347. The lowest BCUT2D eigenvalue weighted by Gasteiger charge is -2.15. The van der Waals surface area contributed by atoms with Crippen molar-refractivity contribution in [3.8, 4) is 0 Å². The van der Waals surface area contributed by atoms with Crippen LogP contribution in [0.15, 0.2) is 41.0 Å². The van der Waals surface area contributed by atoms with E-state index in [2.05, 4.69) is 10.6 Å². The van der Waals surface area contributed by atoms with Gasteiger partial charge in [0, 0.05) is 13.0 Å². The molecule has 1 heterocycles. The molecule has 1 aromatic heterocycles. The summed E-state index contributed by atoms with van der Waals surface area (Å²) in [5.74, 6) is -0.307. The zero-order chi connectivity index (χ0) is 16.8. The van der Waals surface area contributed by atoms with Crippen molar-refractivity contribution < 1.29 is 14.0 Å². The number of hydrogen-bond donors (Lipinski definition) is 2. The Balaban J connectivity index is 1.77. The van der Waals surface area contributed by atoms with Crippen LogP contribution in [0.2, 0.25) is 10.0 Å². The molecule has 1 aromatic carbocycles. The van der Waals surface area contributed by atoms with Gasteiger partial charge in [-0.3, -0.25) is 9.59 Å². The number of carbonyl (C=O) groups is 2. The molecule has 1 atom stereocenters. The molecule has 23 heavy (non-hydrogen) atoms. The molecule has 2 rings (SSSR count). The van der Waals surface area contributed by atoms with Crippen molar-refractivity contribution in [2.75, 3.05) is 6.54 Å². The summed E-state index contributed by atoms with van der Waals surface area (Å²) in [6.07, 6.45) is 1.58. The minimum Gasteiger partial charge on any atom is -0.459 e. The van der Waals surface area contributed by atoms with Crippen LogP contribution in [0.4, 0.5) is 0 Å². The number of carbonyl (C=O) groups excluding carboxylic acids is 2. The Labute approximate surface area is 144 Å². The Morgan fingerprint density at radius 3 is 2.65 bits per heavy atom. The highest BCUT2D eigenvalue weighted by atomic mass is 35.5. The minimum absolute atomic E-state index is 0.165. The number of benzene rings is 1. The van der Waals surface area contributed by atoms with Crippen molar-refractivity contribution in [1.82, 2.24) is 10.6 Å². The highest BCUT2D eigenvalue weighted by Crippen LogP contribution is 2.25. The van der Waals surface area contributed by atoms with Gasteiger partial charge in [0.05, 0.1) is 22.4 Å². The molecule has 0 aliphatic carbocycles. The van der Waals surface area contributed by atoms with E-state index in [4.69, 9.17) is 27.6 Å². The maximum atomic E-state index is 11.9. The molecule has 1 unspecified atom stereocenters. The molecular weight excluding hydrogens is 339 g/mol. The molecule has 7 heteroatoms. The molecule has 0 aliphatic heterocycles. The van der Waals surface area contributed by atoms with Gasteiger partial charge in [0.15, 0.2) is 5.76 Å². The summed E-state index contributed by atoms with van der Waals surface area (Å²) in [6, 6.07) is 8.18. The molecule has 2 amide bonds. The van der Waals surface area contributed by atoms with Gasteiger partial charge in [-0.2, -0.15) is 0 Å². The first-order valence-corrected chi connectivity index (χ1v) is 7.79. The van der Waals surface area contributed by atoms with Gasteiger partial charge in [-0.1, -0.05) is 29.3 Å². The predicted molar refractivity (Wildman–Crippen MR) is 88.7 cm³/mol. The first-order valence-electron chi connectivity index (χ1n) is 7.03. The summed E-state index contributed by atoms with van der Waals surface area (Å²) < 4.78 is 4.96. The molecular formula is C16H16Cl2N2O3. The number of rotatable bonds is 6. The third-order valence-electron chi connectivity index (χ3n) is 3.20. The SMILES string of the molecule is CC(NC(=O)CCNC(=O)c1ccco1)c1ccc(Cl)c(Cl)c1. The van der Waals surface area contributed by atoms with Gasteiger partial charge in [-0.05, 0) is 36.8 Å². The van der Waals surface area contributed by atoms with E-state index in [0.29, 0.717) is 10.0 Å². The molecule has 0 saturated heterocycles. The van der Waals surface area contributed by atoms with E-state index >= 15 is 0 Å². The number of nitrogens with one attached hydrogen (secondary N) is 2. The number of amides is 2. The van der Waals surface area contributed by atoms with Gasteiger partial charge in [0.1, 0.15) is 0 Å². The molecule has 0 spiro atoms. The Hall–Kier alpha value is -1.98. The molecule has 122 valence electrons. The van der Waals surface area contributed by atoms with Crippen molar-refractivity contribution in [2.45, 2.75) is 19.4 Å². The van der Waals surface area contributed by atoms with Crippen LogP contribution >= 0.6 is 23.2 Å². The molecule has 5 nitrogen and oxygen atoms in total. The summed E-state index contributed by atoms with van der Waals surface area (Å²) >= 11 is 11.8. The lowest BCUT2D eigenvalue weighted by atomic mass is 10.1. The fourth-order valence-electron chi connectivity index (χ4n) is 1.96.